The monoisotopic (exact) mass is 292 g/mol. The van der Waals surface area contributed by atoms with Crippen LogP contribution >= 0.6 is 23.2 Å². The number of rotatable bonds is 3. The Labute approximate surface area is 112 Å². The van der Waals surface area contributed by atoms with E-state index in [4.69, 9.17) is 23.2 Å². The number of halogens is 2. The summed E-state index contributed by atoms with van der Waals surface area (Å²) in [6, 6.07) is 8.39. The summed E-state index contributed by atoms with van der Waals surface area (Å²) in [6.45, 7) is 3.77. The smallest absolute Gasteiger partial charge is 0.178 e. The van der Waals surface area contributed by atoms with Crippen LogP contribution in [0.25, 0.3) is 0 Å². The predicted molar refractivity (Wildman–Crippen MR) is 70.2 cm³/mol. The average molecular weight is 293 g/mol. The molecular formula is C12H14Cl2O2S. The molecule has 0 spiro atoms. The van der Waals surface area contributed by atoms with E-state index in [0.717, 1.165) is 0 Å². The van der Waals surface area contributed by atoms with E-state index in [0.29, 0.717) is 4.90 Å². The van der Waals surface area contributed by atoms with E-state index in [2.05, 4.69) is 0 Å². The SMILES string of the molecule is CC1(C)C(CS(=O)(=O)c2ccccc2)C1(Cl)Cl. The number of alkyl halides is 2. The zero-order valence-corrected chi connectivity index (χ0v) is 12.0. The lowest BCUT2D eigenvalue weighted by Crippen LogP contribution is -2.11. The fraction of sp³-hybridized carbons (Fsp3) is 0.500. The molecule has 1 aliphatic rings. The van der Waals surface area contributed by atoms with Crippen LogP contribution in [-0.4, -0.2) is 18.5 Å². The molecule has 1 aromatic rings. The molecular weight excluding hydrogens is 279 g/mol. The van der Waals surface area contributed by atoms with Gasteiger partial charge < -0.3 is 0 Å². The van der Waals surface area contributed by atoms with Crippen molar-refractivity contribution in [3.63, 3.8) is 0 Å². The Morgan fingerprint density at radius 1 is 1.18 bits per heavy atom. The van der Waals surface area contributed by atoms with Gasteiger partial charge in [-0.25, -0.2) is 8.42 Å². The first-order valence-electron chi connectivity index (χ1n) is 5.35. The van der Waals surface area contributed by atoms with Gasteiger partial charge in [0.05, 0.1) is 10.6 Å². The highest BCUT2D eigenvalue weighted by Crippen LogP contribution is 2.69. The predicted octanol–water partition coefficient (Wildman–Crippen LogP) is 3.29. The van der Waals surface area contributed by atoms with E-state index in [1.807, 2.05) is 13.8 Å². The highest BCUT2D eigenvalue weighted by Gasteiger charge is 2.70. The molecule has 1 fully saturated rings. The van der Waals surface area contributed by atoms with Crippen LogP contribution in [0.1, 0.15) is 13.8 Å². The van der Waals surface area contributed by atoms with Gasteiger partial charge in [-0.05, 0) is 12.1 Å². The van der Waals surface area contributed by atoms with Crippen molar-refractivity contribution in [1.29, 1.82) is 0 Å². The summed E-state index contributed by atoms with van der Waals surface area (Å²) in [5.41, 5.74) is -0.349. The van der Waals surface area contributed by atoms with E-state index in [1.54, 1.807) is 30.3 Å². The minimum Gasteiger partial charge on any atom is -0.224 e. The van der Waals surface area contributed by atoms with Crippen molar-refractivity contribution in [2.24, 2.45) is 11.3 Å². The van der Waals surface area contributed by atoms with Gasteiger partial charge in [0.2, 0.25) is 0 Å². The molecule has 0 amide bonds. The maximum atomic E-state index is 12.1. The Kier molecular flexibility index (Phi) is 3.00. The van der Waals surface area contributed by atoms with Crippen molar-refractivity contribution >= 4 is 33.0 Å². The molecule has 1 unspecified atom stereocenters. The van der Waals surface area contributed by atoms with Gasteiger partial charge in [0, 0.05) is 11.3 Å². The summed E-state index contributed by atoms with van der Waals surface area (Å²) in [5.74, 6) is -0.222. The highest BCUT2D eigenvalue weighted by molar-refractivity contribution is 7.91. The molecule has 17 heavy (non-hydrogen) atoms. The van der Waals surface area contributed by atoms with E-state index < -0.39 is 14.2 Å². The highest BCUT2D eigenvalue weighted by atomic mass is 35.5. The standard InChI is InChI=1S/C12H14Cl2O2S/c1-11(2)10(12(11,13)14)8-17(15,16)9-6-4-3-5-7-9/h3-7,10H,8H2,1-2H3. The van der Waals surface area contributed by atoms with E-state index in [1.165, 1.54) is 0 Å². The topological polar surface area (TPSA) is 34.1 Å². The quantitative estimate of drug-likeness (QED) is 0.801. The minimum absolute atomic E-state index is 0.00296. The fourth-order valence-corrected chi connectivity index (χ4v) is 4.92. The summed E-state index contributed by atoms with van der Waals surface area (Å²) >= 11 is 12.2. The van der Waals surface area contributed by atoms with Gasteiger partial charge in [-0.15, -0.1) is 23.2 Å². The zero-order valence-electron chi connectivity index (χ0n) is 9.65. The number of sulfone groups is 1. The lowest BCUT2D eigenvalue weighted by molar-refractivity contribution is 0.560. The van der Waals surface area contributed by atoms with Crippen LogP contribution in [0.3, 0.4) is 0 Å². The second-order valence-corrected chi connectivity index (χ2v) is 8.41. The number of hydrogen-bond acceptors (Lipinski definition) is 2. The van der Waals surface area contributed by atoms with Crippen LogP contribution in [0.15, 0.2) is 35.2 Å². The van der Waals surface area contributed by atoms with E-state index in [9.17, 15) is 8.42 Å². The summed E-state index contributed by atoms with van der Waals surface area (Å²) < 4.78 is 23.3. The van der Waals surface area contributed by atoms with E-state index in [-0.39, 0.29) is 17.1 Å². The third-order valence-electron chi connectivity index (χ3n) is 3.57. The molecule has 1 atom stereocenters. The lowest BCUT2D eigenvalue weighted by Gasteiger charge is -2.04. The van der Waals surface area contributed by atoms with Gasteiger partial charge in [0.15, 0.2) is 9.84 Å². The van der Waals surface area contributed by atoms with Gasteiger partial charge in [-0.3, -0.25) is 0 Å². The van der Waals surface area contributed by atoms with Crippen LogP contribution in [0.2, 0.25) is 0 Å². The Hall–Kier alpha value is -0.250. The van der Waals surface area contributed by atoms with Crippen molar-refractivity contribution in [2.75, 3.05) is 5.75 Å². The van der Waals surface area contributed by atoms with Crippen molar-refractivity contribution < 1.29 is 8.42 Å². The Bertz CT molecular complexity index is 507. The molecule has 1 aliphatic carbocycles. The lowest BCUT2D eigenvalue weighted by atomic mass is 10.1. The first-order valence-corrected chi connectivity index (χ1v) is 7.76. The van der Waals surface area contributed by atoms with Crippen molar-refractivity contribution in [3.8, 4) is 0 Å². The van der Waals surface area contributed by atoms with Crippen LogP contribution in [0.5, 0.6) is 0 Å². The third-order valence-corrected chi connectivity index (χ3v) is 6.84. The number of hydrogen-bond donors (Lipinski definition) is 0. The fourth-order valence-electron chi connectivity index (χ4n) is 2.01. The first kappa shape index (κ1) is 13.2. The Morgan fingerprint density at radius 3 is 2.06 bits per heavy atom. The molecule has 0 radical (unpaired) electrons. The first-order chi connectivity index (χ1) is 7.69. The van der Waals surface area contributed by atoms with Gasteiger partial charge in [-0.2, -0.15) is 0 Å². The summed E-state index contributed by atoms with van der Waals surface area (Å²) in [4.78, 5) is 0.326. The molecule has 0 aromatic heterocycles. The largest absolute Gasteiger partial charge is 0.224 e. The van der Waals surface area contributed by atoms with Crippen LogP contribution in [-0.2, 0) is 9.84 Å². The Balaban J connectivity index is 2.22. The third kappa shape index (κ3) is 2.09. The van der Waals surface area contributed by atoms with Crippen LogP contribution in [0.4, 0.5) is 0 Å². The van der Waals surface area contributed by atoms with Crippen molar-refractivity contribution in [2.45, 2.75) is 23.1 Å². The van der Waals surface area contributed by atoms with Crippen molar-refractivity contribution in [1.82, 2.24) is 0 Å². The molecule has 0 aliphatic heterocycles. The summed E-state index contributed by atoms with van der Waals surface area (Å²) in [7, 11) is -3.31. The molecule has 0 heterocycles. The molecule has 0 bridgehead atoms. The second kappa shape index (κ2) is 3.87. The van der Waals surface area contributed by atoms with Crippen LogP contribution in [0, 0.1) is 11.3 Å². The molecule has 0 saturated heterocycles. The molecule has 0 N–H and O–H groups in total. The summed E-state index contributed by atoms with van der Waals surface area (Å²) in [5, 5.41) is 0. The molecule has 2 rings (SSSR count). The van der Waals surface area contributed by atoms with Gasteiger partial charge >= 0.3 is 0 Å². The average Bonchev–Trinajstić information content (AvgIpc) is 2.62. The van der Waals surface area contributed by atoms with Gasteiger partial charge in [0.1, 0.15) is 4.33 Å². The minimum atomic E-state index is -3.31. The number of benzene rings is 1. The maximum Gasteiger partial charge on any atom is 0.178 e. The molecule has 1 aromatic carbocycles. The molecule has 1 saturated carbocycles. The normalized spacial score (nSPS) is 25.5. The summed E-state index contributed by atoms with van der Waals surface area (Å²) in [6.07, 6.45) is 0. The van der Waals surface area contributed by atoms with Gasteiger partial charge in [0.25, 0.3) is 0 Å². The van der Waals surface area contributed by atoms with Gasteiger partial charge in [-0.1, -0.05) is 32.0 Å². The molecule has 5 heteroatoms. The van der Waals surface area contributed by atoms with Crippen LogP contribution < -0.4 is 0 Å². The maximum absolute atomic E-state index is 12.1. The molecule has 94 valence electrons. The molecule has 2 nitrogen and oxygen atoms in total. The van der Waals surface area contributed by atoms with Crippen molar-refractivity contribution in [3.05, 3.63) is 30.3 Å². The second-order valence-electron chi connectivity index (χ2n) is 4.99. The van der Waals surface area contributed by atoms with E-state index >= 15 is 0 Å². The Morgan fingerprint density at radius 2 is 1.65 bits per heavy atom. The zero-order chi connectivity index (χ0) is 12.9.